The predicted octanol–water partition coefficient (Wildman–Crippen LogP) is -6.31. The van der Waals surface area contributed by atoms with E-state index in [2.05, 4.69) is 11.8 Å². The number of hydrogen-bond donors (Lipinski definition) is 0. The second kappa shape index (κ2) is 9.01. The molecule has 0 bridgehead atoms. The quantitative estimate of drug-likeness (QED) is 0.330. The summed E-state index contributed by atoms with van der Waals surface area (Å²) >= 11 is 4.85. The summed E-state index contributed by atoms with van der Waals surface area (Å²) in [6, 6.07) is 0. The Morgan fingerprint density at radius 2 is 1.78 bits per heavy atom. The standard InChI is InChI=1S/C2H7O2PS2.2Na/c1-2-7-5(3,4)6;;/h2H2,1H3,(H2,3,4,6);;/q;2*+1/p-2. The maximum Gasteiger partial charge on any atom is 1.00 e. The van der Waals surface area contributed by atoms with Gasteiger partial charge in [-0.05, 0) is 5.75 Å². The molecule has 0 aliphatic carbocycles. The summed E-state index contributed by atoms with van der Waals surface area (Å²) in [5.41, 5.74) is -3.42. The molecule has 0 N–H and O–H groups in total. The van der Waals surface area contributed by atoms with E-state index < -0.39 is 5.69 Å². The first-order chi connectivity index (χ1) is 3.06. The molecule has 0 atom stereocenters. The minimum absolute atomic E-state index is 0. The Bertz CT molecular complexity index is 94.6. The zero-order chi connectivity index (χ0) is 5.91. The molecule has 0 unspecified atom stereocenters. The van der Waals surface area contributed by atoms with Crippen molar-refractivity contribution in [2.75, 3.05) is 5.75 Å². The van der Waals surface area contributed by atoms with Crippen LogP contribution in [0.1, 0.15) is 6.92 Å². The predicted molar refractivity (Wildman–Crippen MR) is 32.4 cm³/mol. The van der Waals surface area contributed by atoms with E-state index in [4.69, 9.17) is 0 Å². The van der Waals surface area contributed by atoms with Crippen molar-refractivity contribution < 1.29 is 68.9 Å². The van der Waals surface area contributed by atoms with E-state index in [-0.39, 0.29) is 59.1 Å². The molecular formula is C2H5Na2O2PS2. The molecule has 0 fully saturated rings. The van der Waals surface area contributed by atoms with Crippen LogP contribution in [0.25, 0.3) is 0 Å². The smallest absolute Gasteiger partial charge is 0.825 e. The molecule has 2 nitrogen and oxygen atoms in total. The normalized spacial score (nSPS) is 9.22. The van der Waals surface area contributed by atoms with Gasteiger partial charge in [0.15, 0.2) is 0 Å². The van der Waals surface area contributed by atoms with Crippen LogP contribution in [0.2, 0.25) is 0 Å². The van der Waals surface area contributed by atoms with Crippen molar-refractivity contribution in [2.45, 2.75) is 6.92 Å². The average molecular weight is 202 g/mol. The van der Waals surface area contributed by atoms with Crippen LogP contribution in [-0.4, -0.2) is 5.75 Å². The van der Waals surface area contributed by atoms with Crippen LogP contribution in [0.3, 0.4) is 0 Å². The zero-order valence-corrected chi connectivity index (χ0v) is 12.3. The Morgan fingerprint density at radius 3 is 1.78 bits per heavy atom. The molecule has 0 amide bonds. The topological polar surface area (TPSA) is 46.1 Å². The van der Waals surface area contributed by atoms with E-state index in [9.17, 15) is 9.79 Å². The first-order valence-corrected chi connectivity index (χ1v) is 5.95. The van der Waals surface area contributed by atoms with Crippen molar-refractivity contribution in [1.82, 2.24) is 0 Å². The van der Waals surface area contributed by atoms with Gasteiger partial charge in [-0.1, -0.05) is 6.92 Å². The van der Waals surface area contributed by atoms with Gasteiger partial charge in [0.1, 0.15) is 0 Å². The third-order valence-corrected chi connectivity index (χ3v) is 3.53. The molecule has 9 heavy (non-hydrogen) atoms. The fraction of sp³-hybridized carbons (Fsp3) is 1.00. The van der Waals surface area contributed by atoms with E-state index >= 15 is 0 Å². The van der Waals surface area contributed by atoms with Crippen molar-refractivity contribution in [3.63, 3.8) is 0 Å². The molecule has 0 saturated carbocycles. The Kier molecular flexibility index (Phi) is 17.9. The maximum absolute atomic E-state index is 10.0. The van der Waals surface area contributed by atoms with E-state index in [1.807, 2.05) is 0 Å². The van der Waals surface area contributed by atoms with Crippen molar-refractivity contribution in [2.24, 2.45) is 0 Å². The molecule has 44 valence electrons. The van der Waals surface area contributed by atoms with Crippen LogP contribution in [0.5, 0.6) is 0 Å². The minimum atomic E-state index is -3.42. The molecule has 0 aromatic rings. The molecule has 0 aliphatic heterocycles. The minimum Gasteiger partial charge on any atom is -0.825 e. The third-order valence-electron chi connectivity index (χ3n) is 0.287. The first kappa shape index (κ1) is 17.9. The Labute approximate surface area is 109 Å². The second-order valence-corrected chi connectivity index (χ2v) is 6.95. The van der Waals surface area contributed by atoms with E-state index in [0.717, 1.165) is 11.4 Å². The van der Waals surface area contributed by atoms with Gasteiger partial charge >= 0.3 is 59.1 Å². The summed E-state index contributed by atoms with van der Waals surface area (Å²) < 4.78 is 0. The average Bonchev–Trinajstić information content (AvgIpc) is 1.30. The molecule has 0 aromatic heterocycles. The van der Waals surface area contributed by atoms with Gasteiger partial charge in [-0.25, -0.2) is 0 Å². The van der Waals surface area contributed by atoms with Crippen LogP contribution >= 0.6 is 17.1 Å². The summed E-state index contributed by atoms with van der Waals surface area (Å²) in [7, 11) is 0. The Morgan fingerprint density at radius 1 is 1.44 bits per heavy atom. The van der Waals surface area contributed by atoms with Crippen molar-refractivity contribution in [3.8, 4) is 0 Å². The molecule has 0 rings (SSSR count). The summed E-state index contributed by atoms with van der Waals surface area (Å²) in [5.74, 6) is 0.546. The van der Waals surface area contributed by atoms with Gasteiger partial charge < -0.3 is 9.79 Å². The van der Waals surface area contributed by atoms with E-state index in [1.54, 1.807) is 6.92 Å². The van der Waals surface area contributed by atoms with Crippen LogP contribution in [0, 0.1) is 0 Å². The van der Waals surface area contributed by atoms with Crippen molar-refractivity contribution in [3.05, 3.63) is 0 Å². The monoisotopic (exact) mass is 202 g/mol. The summed E-state index contributed by atoms with van der Waals surface area (Å²) in [4.78, 5) is 20.1. The molecule has 0 saturated heterocycles. The molecular weight excluding hydrogens is 197 g/mol. The van der Waals surface area contributed by atoms with Crippen LogP contribution in [-0.2, 0) is 11.8 Å². The van der Waals surface area contributed by atoms with E-state index in [0.29, 0.717) is 5.75 Å². The molecule has 0 heterocycles. The summed E-state index contributed by atoms with van der Waals surface area (Å²) in [6.07, 6.45) is 0. The van der Waals surface area contributed by atoms with Gasteiger partial charge in [-0.15, -0.1) is 11.8 Å². The van der Waals surface area contributed by atoms with Gasteiger partial charge in [0.2, 0.25) is 0 Å². The molecule has 0 aliphatic rings. The van der Waals surface area contributed by atoms with E-state index in [1.165, 1.54) is 0 Å². The molecule has 0 spiro atoms. The third kappa shape index (κ3) is 18.1. The van der Waals surface area contributed by atoms with Crippen LogP contribution in [0.4, 0.5) is 0 Å². The number of hydrogen-bond acceptors (Lipinski definition) is 4. The SMILES string of the molecule is CCSP([O-])([O-])=S.[Na+].[Na+]. The molecule has 0 radical (unpaired) electrons. The van der Waals surface area contributed by atoms with Crippen molar-refractivity contribution in [1.29, 1.82) is 0 Å². The van der Waals surface area contributed by atoms with Crippen LogP contribution < -0.4 is 68.9 Å². The van der Waals surface area contributed by atoms with Gasteiger partial charge in [-0.2, -0.15) is 17.1 Å². The Balaban J connectivity index is -0.000000180. The maximum atomic E-state index is 10.0. The Hall–Kier alpha value is 2.92. The summed E-state index contributed by atoms with van der Waals surface area (Å²) in [5, 5.41) is 0. The first-order valence-electron chi connectivity index (χ1n) is 1.73. The van der Waals surface area contributed by atoms with Crippen LogP contribution in [0.15, 0.2) is 0 Å². The largest absolute Gasteiger partial charge is 1.00 e. The van der Waals surface area contributed by atoms with Gasteiger partial charge in [0.05, 0.1) is 0 Å². The zero-order valence-electron chi connectivity index (χ0n) is 5.79. The fourth-order valence-corrected chi connectivity index (χ4v) is 2.37. The van der Waals surface area contributed by atoms with Gasteiger partial charge in [0, 0.05) is 0 Å². The fourth-order valence-electron chi connectivity index (χ4n) is 0.158. The number of rotatable bonds is 2. The van der Waals surface area contributed by atoms with Gasteiger partial charge in [-0.3, -0.25) is 0 Å². The summed E-state index contributed by atoms with van der Waals surface area (Å²) in [6.45, 7) is 1.75. The van der Waals surface area contributed by atoms with Crippen molar-refractivity contribution >= 4 is 28.9 Å². The molecule has 7 heteroatoms. The molecule has 0 aromatic carbocycles. The van der Waals surface area contributed by atoms with Gasteiger partial charge in [0.25, 0.3) is 0 Å². The second-order valence-electron chi connectivity index (χ2n) is 0.865.